The van der Waals surface area contributed by atoms with Crippen LogP contribution < -0.4 is 0 Å². The van der Waals surface area contributed by atoms with Gasteiger partial charge in [0.2, 0.25) is 10.0 Å². The summed E-state index contributed by atoms with van der Waals surface area (Å²) in [7, 11) is -3.90. The third-order valence-corrected chi connectivity index (χ3v) is 5.31. The fourth-order valence-electron chi connectivity index (χ4n) is 2.29. The molecule has 1 aromatic heterocycles. The molecule has 0 saturated carbocycles. The summed E-state index contributed by atoms with van der Waals surface area (Å²) in [6.07, 6.45) is 0.0803. The molecule has 2 atom stereocenters. The van der Waals surface area contributed by atoms with E-state index in [-0.39, 0.29) is 23.7 Å². The largest absolute Gasteiger partial charge is 0.389 e. The van der Waals surface area contributed by atoms with Crippen molar-refractivity contribution >= 4 is 10.0 Å². The second kappa shape index (κ2) is 5.43. The number of β-amino-alcohol motifs (C(OH)–C–C–N with tert-alkyl or cyclic N) is 2. The minimum atomic E-state index is -3.90. The van der Waals surface area contributed by atoms with Gasteiger partial charge in [-0.25, -0.2) is 17.5 Å². The van der Waals surface area contributed by atoms with Crippen molar-refractivity contribution in [3.05, 3.63) is 42.5 Å². The van der Waals surface area contributed by atoms with Crippen molar-refractivity contribution in [2.45, 2.75) is 17.1 Å². The van der Waals surface area contributed by atoms with Crippen LogP contribution in [0.5, 0.6) is 0 Å². The summed E-state index contributed by atoms with van der Waals surface area (Å²) >= 11 is 0. The van der Waals surface area contributed by atoms with Gasteiger partial charge in [-0.15, -0.1) is 0 Å². The first-order valence-corrected chi connectivity index (χ1v) is 7.99. The molecule has 9 heteroatoms. The number of hydrogen-bond donors (Lipinski definition) is 2. The Kier molecular flexibility index (Phi) is 3.73. The molecule has 2 aromatic rings. The van der Waals surface area contributed by atoms with Crippen LogP contribution in [0.1, 0.15) is 0 Å². The van der Waals surface area contributed by atoms with E-state index in [4.69, 9.17) is 0 Å². The number of aromatic nitrogens is 2. The fraction of sp³-hybridized carbons (Fsp3) is 0.308. The van der Waals surface area contributed by atoms with Crippen molar-refractivity contribution in [1.82, 2.24) is 14.1 Å². The molecule has 0 amide bonds. The highest BCUT2D eigenvalue weighted by molar-refractivity contribution is 7.89. The van der Waals surface area contributed by atoms with Crippen LogP contribution in [-0.4, -0.2) is 58.0 Å². The molecule has 1 aliphatic rings. The number of para-hydroxylation sites is 1. The summed E-state index contributed by atoms with van der Waals surface area (Å²) in [6.45, 7) is -0.372. The average molecular weight is 327 g/mol. The van der Waals surface area contributed by atoms with Gasteiger partial charge in [0.1, 0.15) is 16.4 Å². The maximum Gasteiger partial charge on any atom is 0.246 e. The summed E-state index contributed by atoms with van der Waals surface area (Å²) in [6, 6.07) is 5.86. The molecule has 0 radical (unpaired) electrons. The van der Waals surface area contributed by atoms with E-state index >= 15 is 0 Å². The van der Waals surface area contributed by atoms with Gasteiger partial charge in [-0.3, -0.25) is 0 Å². The predicted molar refractivity (Wildman–Crippen MR) is 74.3 cm³/mol. The average Bonchev–Trinajstić information content (AvgIpc) is 3.08. The summed E-state index contributed by atoms with van der Waals surface area (Å²) in [4.78, 5) is -0.128. The molecule has 2 heterocycles. The van der Waals surface area contributed by atoms with Crippen LogP contribution in [0.4, 0.5) is 4.39 Å². The minimum Gasteiger partial charge on any atom is -0.389 e. The lowest BCUT2D eigenvalue weighted by molar-refractivity contribution is 0.0572. The first-order valence-electron chi connectivity index (χ1n) is 6.55. The van der Waals surface area contributed by atoms with Crippen LogP contribution in [0.15, 0.2) is 41.6 Å². The Morgan fingerprint density at radius 2 is 1.82 bits per heavy atom. The maximum atomic E-state index is 13.7. The van der Waals surface area contributed by atoms with Gasteiger partial charge in [0.25, 0.3) is 0 Å². The van der Waals surface area contributed by atoms with E-state index in [9.17, 15) is 23.0 Å². The van der Waals surface area contributed by atoms with Crippen LogP contribution in [0, 0.1) is 5.82 Å². The predicted octanol–water partition coefficient (Wildman–Crippen LogP) is -0.262. The minimum absolute atomic E-state index is 0.128. The molecule has 0 bridgehead atoms. The van der Waals surface area contributed by atoms with E-state index in [0.29, 0.717) is 0 Å². The van der Waals surface area contributed by atoms with Gasteiger partial charge in [-0.05, 0) is 12.1 Å². The monoisotopic (exact) mass is 327 g/mol. The van der Waals surface area contributed by atoms with Gasteiger partial charge in [0, 0.05) is 13.1 Å². The van der Waals surface area contributed by atoms with Gasteiger partial charge in [0.15, 0.2) is 0 Å². The Morgan fingerprint density at radius 3 is 2.45 bits per heavy atom. The summed E-state index contributed by atoms with van der Waals surface area (Å²) in [5.41, 5.74) is 0.130. The number of halogens is 1. The Bertz CT molecular complexity index is 782. The summed E-state index contributed by atoms with van der Waals surface area (Å²) in [5.74, 6) is -0.526. The number of aliphatic hydroxyl groups is 2. The van der Waals surface area contributed by atoms with Crippen molar-refractivity contribution in [2.24, 2.45) is 0 Å². The Balaban J connectivity index is 1.92. The van der Waals surface area contributed by atoms with Crippen molar-refractivity contribution in [3.63, 3.8) is 0 Å². The zero-order valence-corrected chi connectivity index (χ0v) is 12.2. The van der Waals surface area contributed by atoms with E-state index in [1.807, 2.05) is 0 Å². The molecule has 2 N–H and O–H groups in total. The van der Waals surface area contributed by atoms with Gasteiger partial charge < -0.3 is 10.2 Å². The molecule has 0 spiro atoms. The van der Waals surface area contributed by atoms with Crippen LogP contribution in [0.25, 0.3) is 5.69 Å². The van der Waals surface area contributed by atoms with Crippen LogP contribution >= 0.6 is 0 Å². The number of nitrogens with zero attached hydrogens (tertiary/aromatic N) is 3. The molecule has 1 fully saturated rings. The molecule has 3 rings (SSSR count). The van der Waals surface area contributed by atoms with Crippen LogP contribution in [0.2, 0.25) is 0 Å². The van der Waals surface area contributed by atoms with Gasteiger partial charge in [0.05, 0.1) is 24.6 Å². The van der Waals surface area contributed by atoms with Crippen molar-refractivity contribution in [2.75, 3.05) is 13.1 Å². The van der Waals surface area contributed by atoms with E-state index in [2.05, 4.69) is 5.10 Å². The third kappa shape index (κ3) is 2.52. The van der Waals surface area contributed by atoms with Crippen LogP contribution in [0.3, 0.4) is 0 Å². The van der Waals surface area contributed by atoms with Gasteiger partial charge in [-0.1, -0.05) is 12.1 Å². The Hall–Kier alpha value is -1.81. The molecule has 0 unspecified atom stereocenters. The number of rotatable bonds is 3. The quantitative estimate of drug-likeness (QED) is 0.810. The van der Waals surface area contributed by atoms with Gasteiger partial charge >= 0.3 is 0 Å². The molecule has 7 nitrogen and oxygen atoms in total. The number of benzene rings is 1. The summed E-state index contributed by atoms with van der Waals surface area (Å²) < 4.78 is 40.6. The van der Waals surface area contributed by atoms with E-state index in [1.54, 1.807) is 6.07 Å². The number of sulfonamides is 1. The highest BCUT2D eigenvalue weighted by atomic mass is 32.2. The molecule has 1 aliphatic heterocycles. The smallest absolute Gasteiger partial charge is 0.246 e. The molecular formula is C13H14FN3O4S. The molecule has 0 aliphatic carbocycles. The fourth-order valence-corrected chi connectivity index (χ4v) is 3.70. The lowest BCUT2D eigenvalue weighted by Crippen LogP contribution is -2.29. The number of hydrogen-bond acceptors (Lipinski definition) is 5. The molecule has 1 saturated heterocycles. The zero-order valence-electron chi connectivity index (χ0n) is 11.4. The lowest BCUT2D eigenvalue weighted by Gasteiger charge is -2.13. The SMILES string of the molecule is O=S(=O)(c1cnn(-c2ccccc2F)c1)N1C[C@@H](O)[C@@H](O)C1. The topological polar surface area (TPSA) is 95.7 Å². The summed E-state index contributed by atoms with van der Waals surface area (Å²) in [5, 5.41) is 22.8. The Morgan fingerprint density at radius 1 is 1.18 bits per heavy atom. The molecule has 22 heavy (non-hydrogen) atoms. The highest BCUT2D eigenvalue weighted by Crippen LogP contribution is 2.22. The van der Waals surface area contributed by atoms with Crippen molar-refractivity contribution in [3.8, 4) is 5.69 Å². The lowest BCUT2D eigenvalue weighted by atomic mass is 10.3. The van der Waals surface area contributed by atoms with E-state index in [1.165, 1.54) is 24.4 Å². The first-order chi connectivity index (χ1) is 10.4. The standard InChI is InChI=1S/C13H14FN3O4S/c14-10-3-1-2-4-11(10)17-6-9(5-15-17)22(20,21)16-7-12(18)13(19)8-16/h1-6,12-13,18-19H,7-8H2/t12-,13+. The van der Waals surface area contributed by atoms with Crippen molar-refractivity contribution in [1.29, 1.82) is 0 Å². The second-order valence-corrected chi connectivity index (χ2v) is 6.97. The normalized spacial score (nSPS) is 23.0. The van der Waals surface area contributed by atoms with Crippen LogP contribution in [-0.2, 0) is 10.0 Å². The molecular weight excluding hydrogens is 313 g/mol. The first kappa shape index (κ1) is 15.1. The molecule has 1 aromatic carbocycles. The second-order valence-electron chi connectivity index (χ2n) is 5.03. The third-order valence-electron chi connectivity index (χ3n) is 3.52. The van der Waals surface area contributed by atoms with Crippen molar-refractivity contribution < 1.29 is 23.0 Å². The number of aliphatic hydroxyl groups excluding tert-OH is 2. The van der Waals surface area contributed by atoms with Gasteiger partial charge in [-0.2, -0.15) is 9.40 Å². The van der Waals surface area contributed by atoms with E-state index in [0.717, 1.165) is 15.2 Å². The van der Waals surface area contributed by atoms with E-state index < -0.39 is 28.0 Å². The maximum absolute atomic E-state index is 13.7. The molecule has 118 valence electrons. The zero-order chi connectivity index (χ0) is 15.9. The Labute approximate surface area is 126 Å². The highest BCUT2D eigenvalue weighted by Gasteiger charge is 2.38.